The molecule has 1 saturated heterocycles. The SMILES string of the molecule is CS(=O)(=O)N1CCc2c(cncc2C(=O)N2CC(O)C2)C1. The zero-order valence-electron chi connectivity index (χ0n) is 11.7. The number of hydrogen-bond acceptors (Lipinski definition) is 5. The number of amides is 1. The quantitative estimate of drug-likeness (QED) is 0.773. The van der Waals surface area contributed by atoms with Crippen molar-refractivity contribution in [3.63, 3.8) is 0 Å². The van der Waals surface area contributed by atoms with Crippen LogP contribution in [0.1, 0.15) is 21.5 Å². The third-order valence-corrected chi connectivity index (χ3v) is 5.20. The number of nitrogens with zero attached hydrogens (tertiary/aromatic N) is 3. The number of hydrogen-bond donors (Lipinski definition) is 1. The molecule has 1 fully saturated rings. The highest BCUT2D eigenvalue weighted by Gasteiger charge is 2.33. The first kappa shape index (κ1) is 14.4. The Morgan fingerprint density at radius 3 is 2.71 bits per heavy atom. The van der Waals surface area contributed by atoms with Gasteiger partial charge in [-0.15, -0.1) is 0 Å². The van der Waals surface area contributed by atoms with Crippen molar-refractivity contribution in [2.75, 3.05) is 25.9 Å². The van der Waals surface area contributed by atoms with E-state index in [1.807, 2.05) is 0 Å². The van der Waals surface area contributed by atoms with Crippen LogP contribution in [0.4, 0.5) is 0 Å². The molecule has 2 aliphatic heterocycles. The molecule has 2 aliphatic rings. The molecule has 1 aromatic heterocycles. The summed E-state index contributed by atoms with van der Waals surface area (Å²) in [6.07, 6.45) is 4.39. The average Bonchev–Trinajstić information content (AvgIpc) is 2.41. The molecule has 0 aliphatic carbocycles. The second-order valence-electron chi connectivity index (χ2n) is 5.54. The molecule has 0 saturated carbocycles. The Labute approximate surface area is 123 Å². The molecular formula is C13H17N3O4S. The first-order valence-electron chi connectivity index (χ1n) is 6.74. The third kappa shape index (κ3) is 2.66. The maximum absolute atomic E-state index is 12.4. The minimum absolute atomic E-state index is 0.141. The average molecular weight is 311 g/mol. The number of fused-ring (bicyclic) bond motifs is 1. The summed E-state index contributed by atoms with van der Waals surface area (Å²) in [5.41, 5.74) is 2.17. The van der Waals surface area contributed by atoms with Crippen molar-refractivity contribution in [3.05, 3.63) is 29.1 Å². The van der Waals surface area contributed by atoms with Crippen molar-refractivity contribution < 1.29 is 18.3 Å². The van der Waals surface area contributed by atoms with Gasteiger partial charge in [0.05, 0.1) is 17.9 Å². The second kappa shape index (κ2) is 5.04. The van der Waals surface area contributed by atoms with E-state index >= 15 is 0 Å². The van der Waals surface area contributed by atoms with Gasteiger partial charge in [0, 0.05) is 38.6 Å². The summed E-state index contributed by atoms with van der Waals surface area (Å²) in [7, 11) is -3.24. The number of aromatic nitrogens is 1. The van der Waals surface area contributed by atoms with E-state index in [1.165, 1.54) is 16.8 Å². The van der Waals surface area contributed by atoms with Gasteiger partial charge in [-0.2, -0.15) is 4.31 Å². The maximum Gasteiger partial charge on any atom is 0.255 e. The van der Waals surface area contributed by atoms with Gasteiger partial charge in [0.15, 0.2) is 0 Å². The van der Waals surface area contributed by atoms with Crippen LogP contribution in [0.25, 0.3) is 0 Å². The molecule has 1 N–H and O–H groups in total. The standard InChI is InChI=1S/C13H17N3O4S/c1-21(19,20)16-3-2-11-9(6-16)4-14-5-12(11)13(18)15-7-10(17)8-15/h4-5,10,17H,2-3,6-8H2,1H3. The molecule has 1 aromatic rings. The van der Waals surface area contributed by atoms with Crippen LogP contribution in [-0.2, 0) is 23.0 Å². The number of carbonyl (C=O) groups excluding carboxylic acids is 1. The smallest absolute Gasteiger partial charge is 0.255 e. The van der Waals surface area contributed by atoms with E-state index in [4.69, 9.17) is 0 Å². The van der Waals surface area contributed by atoms with Crippen LogP contribution in [0.5, 0.6) is 0 Å². The van der Waals surface area contributed by atoms with Gasteiger partial charge < -0.3 is 10.0 Å². The van der Waals surface area contributed by atoms with Gasteiger partial charge in [-0.1, -0.05) is 0 Å². The van der Waals surface area contributed by atoms with Crippen LogP contribution in [-0.4, -0.2) is 65.6 Å². The zero-order valence-corrected chi connectivity index (χ0v) is 12.5. The van der Waals surface area contributed by atoms with Gasteiger partial charge in [0.1, 0.15) is 0 Å². The Morgan fingerprint density at radius 2 is 2.10 bits per heavy atom. The molecular weight excluding hydrogens is 294 g/mol. The van der Waals surface area contributed by atoms with Crippen LogP contribution >= 0.6 is 0 Å². The highest BCUT2D eigenvalue weighted by atomic mass is 32.2. The number of aliphatic hydroxyl groups excluding tert-OH is 1. The molecule has 114 valence electrons. The van der Waals surface area contributed by atoms with Gasteiger partial charge in [-0.25, -0.2) is 8.42 Å². The van der Waals surface area contributed by atoms with Gasteiger partial charge in [-0.05, 0) is 17.5 Å². The first-order chi connectivity index (χ1) is 9.86. The minimum atomic E-state index is -3.24. The summed E-state index contributed by atoms with van der Waals surface area (Å²) < 4.78 is 24.6. The Kier molecular flexibility index (Phi) is 3.46. The summed E-state index contributed by atoms with van der Waals surface area (Å²) in [6, 6.07) is 0. The molecule has 0 bridgehead atoms. The third-order valence-electron chi connectivity index (χ3n) is 3.95. The topological polar surface area (TPSA) is 90.8 Å². The Bertz CT molecular complexity index is 683. The molecule has 7 nitrogen and oxygen atoms in total. The van der Waals surface area contributed by atoms with Crippen LogP contribution in [0, 0.1) is 0 Å². The Hall–Kier alpha value is -1.51. The zero-order chi connectivity index (χ0) is 15.2. The molecule has 3 heterocycles. The van der Waals surface area contributed by atoms with Crippen molar-refractivity contribution in [3.8, 4) is 0 Å². The van der Waals surface area contributed by atoms with Crippen molar-refractivity contribution >= 4 is 15.9 Å². The predicted octanol–water partition coefficient (Wildman–Crippen LogP) is -0.784. The number of β-amino-alcohol motifs (C(OH)–C–C–N with tert-alkyl or cyclic N) is 1. The number of rotatable bonds is 2. The Balaban J connectivity index is 1.88. The van der Waals surface area contributed by atoms with Gasteiger partial charge in [-0.3, -0.25) is 9.78 Å². The van der Waals surface area contributed by atoms with E-state index < -0.39 is 16.1 Å². The lowest BCUT2D eigenvalue weighted by Crippen LogP contribution is -2.53. The first-order valence-corrected chi connectivity index (χ1v) is 8.59. The fourth-order valence-corrected chi connectivity index (χ4v) is 3.52. The number of pyridine rings is 1. The van der Waals surface area contributed by atoms with Crippen LogP contribution < -0.4 is 0 Å². The van der Waals surface area contributed by atoms with E-state index in [9.17, 15) is 18.3 Å². The number of sulfonamides is 1. The molecule has 8 heteroatoms. The van der Waals surface area contributed by atoms with Crippen molar-refractivity contribution in [2.24, 2.45) is 0 Å². The number of likely N-dealkylation sites (tertiary alicyclic amines) is 1. The van der Waals surface area contributed by atoms with Crippen molar-refractivity contribution in [2.45, 2.75) is 19.1 Å². The number of aliphatic hydroxyl groups is 1. The van der Waals surface area contributed by atoms with Gasteiger partial charge in [0.25, 0.3) is 5.91 Å². The lowest BCUT2D eigenvalue weighted by molar-refractivity contribution is 0.00576. The monoisotopic (exact) mass is 311 g/mol. The maximum atomic E-state index is 12.4. The Morgan fingerprint density at radius 1 is 1.38 bits per heavy atom. The van der Waals surface area contributed by atoms with Gasteiger partial charge in [0.2, 0.25) is 10.0 Å². The predicted molar refractivity (Wildman–Crippen MR) is 75.1 cm³/mol. The summed E-state index contributed by atoms with van der Waals surface area (Å²) in [4.78, 5) is 18.0. The highest BCUT2D eigenvalue weighted by molar-refractivity contribution is 7.88. The summed E-state index contributed by atoms with van der Waals surface area (Å²) >= 11 is 0. The summed E-state index contributed by atoms with van der Waals surface area (Å²) in [5, 5.41) is 9.29. The van der Waals surface area contributed by atoms with Crippen molar-refractivity contribution in [1.29, 1.82) is 0 Å². The molecule has 0 atom stereocenters. The van der Waals surface area contributed by atoms with E-state index in [2.05, 4.69) is 4.98 Å². The molecule has 21 heavy (non-hydrogen) atoms. The minimum Gasteiger partial charge on any atom is -0.389 e. The molecule has 0 spiro atoms. The van der Waals surface area contributed by atoms with E-state index in [-0.39, 0.29) is 12.5 Å². The van der Waals surface area contributed by atoms with Crippen LogP contribution in [0.2, 0.25) is 0 Å². The fraction of sp³-hybridized carbons (Fsp3) is 0.538. The van der Waals surface area contributed by atoms with Crippen LogP contribution in [0.15, 0.2) is 12.4 Å². The normalized spacial score (nSPS) is 20.0. The molecule has 0 radical (unpaired) electrons. The molecule has 0 unspecified atom stereocenters. The lowest BCUT2D eigenvalue weighted by Gasteiger charge is -2.37. The highest BCUT2D eigenvalue weighted by Crippen LogP contribution is 2.25. The van der Waals surface area contributed by atoms with Crippen LogP contribution in [0.3, 0.4) is 0 Å². The van der Waals surface area contributed by atoms with Gasteiger partial charge >= 0.3 is 0 Å². The van der Waals surface area contributed by atoms with E-state index in [0.717, 1.165) is 11.1 Å². The van der Waals surface area contributed by atoms with E-state index in [1.54, 1.807) is 11.1 Å². The molecule has 0 aromatic carbocycles. The molecule has 1 amide bonds. The molecule has 3 rings (SSSR count). The number of carbonyl (C=O) groups is 1. The summed E-state index contributed by atoms with van der Waals surface area (Å²) in [6.45, 7) is 1.32. The van der Waals surface area contributed by atoms with Crippen molar-refractivity contribution in [1.82, 2.24) is 14.2 Å². The largest absolute Gasteiger partial charge is 0.389 e. The second-order valence-corrected chi connectivity index (χ2v) is 7.52. The summed E-state index contributed by atoms with van der Waals surface area (Å²) in [5.74, 6) is -0.141. The lowest BCUT2D eigenvalue weighted by atomic mass is 9.96. The van der Waals surface area contributed by atoms with E-state index in [0.29, 0.717) is 31.6 Å². The fourth-order valence-electron chi connectivity index (χ4n) is 2.73.